The molecule has 158 valence electrons. The minimum Gasteiger partial charge on any atom is -0.384 e. The van der Waals surface area contributed by atoms with Crippen molar-refractivity contribution in [3.05, 3.63) is 40.7 Å². The van der Waals surface area contributed by atoms with Gasteiger partial charge in [0.25, 0.3) is 0 Å². The van der Waals surface area contributed by atoms with Gasteiger partial charge in [0.05, 0.1) is 21.8 Å². The third kappa shape index (κ3) is 3.75. The molecule has 6 nitrogen and oxygen atoms in total. The molecule has 0 unspecified atom stereocenters. The van der Waals surface area contributed by atoms with E-state index >= 15 is 0 Å². The average Bonchev–Trinajstić information content (AvgIpc) is 2.72. The van der Waals surface area contributed by atoms with Gasteiger partial charge in [-0.05, 0) is 30.2 Å². The SMILES string of the molecule is CCc1cc(N)nc(-c2cc3ncnc(N4CCNCC4)c3cc2Cl)c1C(F)(F)F. The second-order valence-electron chi connectivity index (χ2n) is 7.06. The molecule has 30 heavy (non-hydrogen) atoms. The maximum atomic E-state index is 13.9. The number of fused-ring (bicyclic) bond motifs is 1. The number of nitrogen functional groups attached to an aromatic ring is 1. The monoisotopic (exact) mass is 436 g/mol. The summed E-state index contributed by atoms with van der Waals surface area (Å²) in [6.45, 7) is 4.81. The molecule has 0 atom stereocenters. The van der Waals surface area contributed by atoms with Crippen molar-refractivity contribution < 1.29 is 13.2 Å². The van der Waals surface area contributed by atoms with Gasteiger partial charge < -0.3 is 16.0 Å². The lowest BCUT2D eigenvalue weighted by molar-refractivity contribution is -0.137. The number of hydrogen-bond donors (Lipinski definition) is 2. The summed E-state index contributed by atoms with van der Waals surface area (Å²) < 4.78 is 41.7. The number of rotatable bonds is 3. The van der Waals surface area contributed by atoms with E-state index in [1.165, 1.54) is 18.5 Å². The smallest absolute Gasteiger partial charge is 0.384 e. The number of halogens is 4. The number of alkyl halides is 3. The molecule has 2 aromatic heterocycles. The largest absolute Gasteiger partial charge is 0.418 e. The van der Waals surface area contributed by atoms with Gasteiger partial charge in [0, 0.05) is 37.1 Å². The molecule has 1 fully saturated rings. The van der Waals surface area contributed by atoms with E-state index in [0.29, 0.717) is 16.7 Å². The van der Waals surface area contributed by atoms with Crippen LogP contribution in [0.2, 0.25) is 5.02 Å². The average molecular weight is 437 g/mol. The normalized spacial score (nSPS) is 15.0. The van der Waals surface area contributed by atoms with Crippen LogP contribution in [0.5, 0.6) is 0 Å². The van der Waals surface area contributed by atoms with Crippen LogP contribution in [0.25, 0.3) is 22.2 Å². The van der Waals surface area contributed by atoms with Crippen LogP contribution in [0.1, 0.15) is 18.1 Å². The summed E-state index contributed by atoms with van der Waals surface area (Å²) in [6.07, 6.45) is -3.03. The fourth-order valence-electron chi connectivity index (χ4n) is 3.78. The molecule has 3 aromatic rings. The van der Waals surface area contributed by atoms with Crippen molar-refractivity contribution in [2.75, 3.05) is 36.8 Å². The molecule has 0 radical (unpaired) electrons. The summed E-state index contributed by atoms with van der Waals surface area (Å²) in [7, 11) is 0. The van der Waals surface area contributed by atoms with Crippen molar-refractivity contribution in [2.24, 2.45) is 0 Å². The molecule has 3 N–H and O–H groups in total. The summed E-state index contributed by atoms with van der Waals surface area (Å²) in [5, 5.41) is 4.09. The molecule has 1 saturated heterocycles. The summed E-state index contributed by atoms with van der Waals surface area (Å²) in [5.74, 6) is 0.719. The Labute approximate surface area is 176 Å². The fourth-order valence-corrected chi connectivity index (χ4v) is 4.04. The lowest BCUT2D eigenvalue weighted by atomic mass is 9.97. The number of aromatic nitrogens is 3. The molecule has 1 aliphatic heterocycles. The zero-order valence-corrected chi connectivity index (χ0v) is 17.0. The molecule has 0 spiro atoms. The third-order valence-electron chi connectivity index (χ3n) is 5.16. The topological polar surface area (TPSA) is 80.0 Å². The number of hydrogen-bond acceptors (Lipinski definition) is 6. The summed E-state index contributed by atoms with van der Waals surface area (Å²) >= 11 is 6.48. The molecule has 1 aromatic carbocycles. The second kappa shape index (κ2) is 7.88. The van der Waals surface area contributed by atoms with E-state index in [-0.39, 0.29) is 34.1 Å². The van der Waals surface area contributed by atoms with Gasteiger partial charge in [-0.3, -0.25) is 0 Å². The van der Waals surface area contributed by atoms with Crippen LogP contribution in [-0.2, 0) is 12.6 Å². The number of aryl methyl sites for hydroxylation is 1. The van der Waals surface area contributed by atoms with Crippen LogP contribution in [-0.4, -0.2) is 41.1 Å². The number of nitrogens with zero attached hydrogens (tertiary/aromatic N) is 4. The second-order valence-corrected chi connectivity index (χ2v) is 7.47. The van der Waals surface area contributed by atoms with Crippen LogP contribution in [0, 0.1) is 0 Å². The van der Waals surface area contributed by atoms with Crippen molar-refractivity contribution in [3.63, 3.8) is 0 Å². The van der Waals surface area contributed by atoms with Gasteiger partial charge in [-0.15, -0.1) is 0 Å². The molecular weight excluding hydrogens is 417 g/mol. The van der Waals surface area contributed by atoms with Gasteiger partial charge in [0.15, 0.2) is 0 Å². The van der Waals surface area contributed by atoms with Crippen molar-refractivity contribution in [3.8, 4) is 11.3 Å². The molecule has 3 heterocycles. The first-order valence-electron chi connectivity index (χ1n) is 9.56. The number of anilines is 2. The maximum Gasteiger partial charge on any atom is 0.418 e. The zero-order valence-electron chi connectivity index (χ0n) is 16.2. The van der Waals surface area contributed by atoms with E-state index < -0.39 is 11.7 Å². The molecule has 0 saturated carbocycles. The first kappa shape index (κ1) is 20.6. The fraction of sp³-hybridized carbons (Fsp3) is 0.350. The van der Waals surface area contributed by atoms with E-state index in [2.05, 4.69) is 25.2 Å². The number of nitrogens with one attached hydrogen (secondary N) is 1. The van der Waals surface area contributed by atoms with E-state index in [0.717, 1.165) is 26.2 Å². The Hall–Kier alpha value is -2.65. The van der Waals surface area contributed by atoms with Crippen LogP contribution in [0.4, 0.5) is 24.8 Å². The molecule has 4 rings (SSSR count). The molecule has 0 amide bonds. The highest BCUT2D eigenvalue weighted by atomic mass is 35.5. The van der Waals surface area contributed by atoms with Crippen molar-refractivity contribution >= 4 is 34.1 Å². The molecule has 0 bridgehead atoms. The van der Waals surface area contributed by atoms with Crippen LogP contribution >= 0.6 is 11.6 Å². The van der Waals surface area contributed by atoms with Crippen molar-refractivity contribution in [2.45, 2.75) is 19.5 Å². The number of benzene rings is 1. The van der Waals surface area contributed by atoms with Gasteiger partial charge in [0.2, 0.25) is 0 Å². The first-order valence-corrected chi connectivity index (χ1v) is 9.94. The van der Waals surface area contributed by atoms with E-state index in [1.54, 1.807) is 13.0 Å². The lowest BCUT2D eigenvalue weighted by Crippen LogP contribution is -2.44. The van der Waals surface area contributed by atoms with Gasteiger partial charge in [0.1, 0.15) is 18.0 Å². The van der Waals surface area contributed by atoms with E-state index in [4.69, 9.17) is 17.3 Å². The summed E-state index contributed by atoms with van der Waals surface area (Å²) in [5.41, 5.74) is 5.41. The van der Waals surface area contributed by atoms with Crippen LogP contribution < -0.4 is 16.0 Å². The quantitative estimate of drug-likeness (QED) is 0.648. The predicted molar refractivity (Wildman–Crippen MR) is 112 cm³/mol. The van der Waals surface area contributed by atoms with Crippen LogP contribution in [0.15, 0.2) is 24.5 Å². The van der Waals surface area contributed by atoms with Gasteiger partial charge in [-0.25, -0.2) is 15.0 Å². The number of pyridine rings is 1. The Morgan fingerprint density at radius 3 is 2.57 bits per heavy atom. The maximum absolute atomic E-state index is 13.9. The molecule has 0 aliphatic carbocycles. The van der Waals surface area contributed by atoms with E-state index in [1.807, 2.05) is 0 Å². The summed E-state index contributed by atoms with van der Waals surface area (Å²) in [4.78, 5) is 14.8. The molecule has 10 heteroatoms. The lowest BCUT2D eigenvalue weighted by Gasteiger charge is -2.29. The van der Waals surface area contributed by atoms with Crippen molar-refractivity contribution in [1.82, 2.24) is 20.3 Å². The molecular formula is C20H20ClF3N6. The highest BCUT2D eigenvalue weighted by Crippen LogP contribution is 2.42. The van der Waals surface area contributed by atoms with Gasteiger partial charge in [-0.2, -0.15) is 13.2 Å². The Bertz CT molecular complexity index is 1100. The standard InChI is InChI=1S/C20H20ClF3N6/c1-2-11-7-16(25)29-18(17(11)20(22,23)24)12-9-15-13(8-14(12)21)19(28-10-27-15)30-5-3-26-4-6-30/h7-10,26H,2-6H2,1H3,(H2,25,29). The van der Waals surface area contributed by atoms with Gasteiger partial charge in [-0.1, -0.05) is 18.5 Å². The van der Waals surface area contributed by atoms with Crippen LogP contribution in [0.3, 0.4) is 0 Å². The first-order chi connectivity index (χ1) is 14.3. The Morgan fingerprint density at radius 1 is 1.17 bits per heavy atom. The Kier molecular flexibility index (Phi) is 5.42. The minimum absolute atomic E-state index is 0.00945. The zero-order chi connectivity index (χ0) is 21.5. The van der Waals surface area contributed by atoms with E-state index in [9.17, 15) is 13.2 Å². The van der Waals surface area contributed by atoms with Gasteiger partial charge >= 0.3 is 6.18 Å². The third-order valence-corrected chi connectivity index (χ3v) is 5.47. The Balaban J connectivity index is 1.93. The highest BCUT2D eigenvalue weighted by Gasteiger charge is 2.38. The minimum atomic E-state index is -4.60. The number of nitrogens with two attached hydrogens (primary N) is 1. The Morgan fingerprint density at radius 2 is 1.90 bits per heavy atom. The molecule has 1 aliphatic rings. The predicted octanol–water partition coefficient (Wildman–Crippen LogP) is 3.92. The van der Waals surface area contributed by atoms with Crippen molar-refractivity contribution in [1.29, 1.82) is 0 Å². The summed E-state index contributed by atoms with van der Waals surface area (Å²) in [6, 6.07) is 4.40. The number of piperazine rings is 1. The highest BCUT2D eigenvalue weighted by molar-refractivity contribution is 6.34.